The summed E-state index contributed by atoms with van der Waals surface area (Å²) in [5.41, 5.74) is 7.25. The quantitative estimate of drug-likeness (QED) is 0.186. The van der Waals surface area contributed by atoms with Crippen molar-refractivity contribution < 1.29 is 9.15 Å². The fraction of sp³-hybridized carbons (Fsp3) is 0.133. The van der Waals surface area contributed by atoms with E-state index in [0.29, 0.717) is 29.3 Å². The summed E-state index contributed by atoms with van der Waals surface area (Å²) in [6, 6.07) is 46.8. The molecule has 0 bridgehead atoms. The third-order valence-corrected chi connectivity index (χ3v) is 12.1. The van der Waals surface area contributed by atoms with Gasteiger partial charge in [0.15, 0.2) is 17.5 Å². The molecule has 6 aromatic carbocycles. The lowest BCUT2D eigenvalue weighted by atomic mass is 9.73. The zero-order chi connectivity index (χ0) is 33.5. The van der Waals surface area contributed by atoms with Crippen molar-refractivity contribution in [3.63, 3.8) is 0 Å². The van der Waals surface area contributed by atoms with E-state index in [-0.39, 0.29) is 6.10 Å². The third-order valence-electron chi connectivity index (χ3n) is 10.9. The van der Waals surface area contributed by atoms with Gasteiger partial charge >= 0.3 is 0 Å². The van der Waals surface area contributed by atoms with Crippen molar-refractivity contribution in [2.24, 2.45) is 0 Å². The Bertz CT molecular complexity index is 2800. The highest BCUT2D eigenvalue weighted by Gasteiger charge is 2.40. The van der Waals surface area contributed by atoms with Gasteiger partial charge in [0.2, 0.25) is 0 Å². The minimum atomic E-state index is 0.220. The number of hydrogen-bond donors (Lipinski definition) is 0. The Balaban J connectivity index is 1.15. The van der Waals surface area contributed by atoms with Gasteiger partial charge in [-0.2, -0.15) is 0 Å². The standard InChI is InChI=1S/C45H31N3O2S/c1-2-10-26(11-3-1)43-46-44(28-19-23-40-34(25-28)31-13-6-9-17-39(31)51-40)48-45(47-43)42-29(20-22-38-41(42)32-14-5-8-16-36(32)50-38)27-18-21-37-33(24-27)30-12-4-7-15-35(30)49-37/h1-17,19-20,22-23,25,27,33,37H,18,21,24H2. The molecule has 0 saturated heterocycles. The molecule has 4 heterocycles. The maximum atomic E-state index is 6.49. The highest BCUT2D eigenvalue weighted by atomic mass is 32.1. The summed E-state index contributed by atoms with van der Waals surface area (Å²) in [4.78, 5) is 15.8. The van der Waals surface area contributed by atoms with E-state index in [1.54, 1.807) is 0 Å². The van der Waals surface area contributed by atoms with E-state index in [4.69, 9.17) is 24.1 Å². The number of nitrogens with zero attached hydrogens (tertiary/aromatic N) is 3. The topological polar surface area (TPSA) is 61.0 Å². The van der Waals surface area contributed by atoms with Gasteiger partial charge in [0.05, 0.1) is 0 Å². The molecule has 0 spiro atoms. The summed E-state index contributed by atoms with van der Waals surface area (Å²) in [5.74, 6) is 3.67. The van der Waals surface area contributed by atoms with Crippen molar-refractivity contribution in [1.29, 1.82) is 0 Å². The van der Waals surface area contributed by atoms with E-state index in [0.717, 1.165) is 63.6 Å². The average Bonchev–Trinajstić information content (AvgIpc) is 3.88. The van der Waals surface area contributed by atoms with Gasteiger partial charge in [-0.1, -0.05) is 91.0 Å². The lowest BCUT2D eigenvalue weighted by Gasteiger charge is -2.32. The molecule has 1 aliphatic carbocycles. The number of ether oxygens (including phenoxy) is 1. The molecular formula is C45H31N3O2S. The van der Waals surface area contributed by atoms with Gasteiger partial charge in [-0.15, -0.1) is 11.3 Å². The predicted molar refractivity (Wildman–Crippen MR) is 206 cm³/mol. The Kier molecular flexibility index (Phi) is 6.43. The molecule has 1 aliphatic heterocycles. The van der Waals surface area contributed by atoms with Gasteiger partial charge in [0, 0.05) is 59.1 Å². The van der Waals surface area contributed by atoms with Crippen LogP contribution >= 0.6 is 11.3 Å². The minimum absolute atomic E-state index is 0.220. The van der Waals surface area contributed by atoms with Crippen LogP contribution < -0.4 is 4.74 Å². The second-order valence-electron chi connectivity index (χ2n) is 13.8. The second-order valence-corrected chi connectivity index (χ2v) is 14.9. The number of aromatic nitrogens is 3. The van der Waals surface area contributed by atoms with Gasteiger partial charge in [0.25, 0.3) is 0 Å². The lowest BCUT2D eigenvalue weighted by molar-refractivity contribution is 0.154. The van der Waals surface area contributed by atoms with Crippen molar-refractivity contribution in [2.75, 3.05) is 0 Å². The van der Waals surface area contributed by atoms with Gasteiger partial charge in [0.1, 0.15) is 23.0 Å². The molecule has 11 rings (SSSR count). The molecule has 1 fully saturated rings. The number of hydrogen-bond acceptors (Lipinski definition) is 6. The summed E-state index contributed by atoms with van der Waals surface area (Å²) < 4.78 is 15.5. The average molecular weight is 678 g/mol. The molecule has 3 atom stereocenters. The van der Waals surface area contributed by atoms with E-state index in [1.165, 1.54) is 31.3 Å². The van der Waals surface area contributed by atoms with E-state index in [9.17, 15) is 0 Å². The Morgan fingerprint density at radius 1 is 0.549 bits per heavy atom. The number of para-hydroxylation sites is 2. The molecule has 3 aromatic heterocycles. The summed E-state index contributed by atoms with van der Waals surface area (Å²) in [6.45, 7) is 0. The van der Waals surface area contributed by atoms with Crippen LogP contribution in [0.3, 0.4) is 0 Å². The first-order valence-corrected chi connectivity index (χ1v) is 18.5. The maximum absolute atomic E-state index is 6.49. The summed E-state index contributed by atoms with van der Waals surface area (Å²) in [5, 5.41) is 4.60. The van der Waals surface area contributed by atoms with E-state index in [2.05, 4.69) is 103 Å². The van der Waals surface area contributed by atoms with Crippen LogP contribution in [0.4, 0.5) is 0 Å². The molecule has 244 valence electrons. The Morgan fingerprint density at radius 2 is 1.29 bits per heavy atom. The SMILES string of the molecule is c1ccc(-c2nc(-c3ccc4sc5ccccc5c4c3)nc(-c3c(C4CCC5Oc6ccccc6C5C4)ccc4oc5ccccc5c34)n2)cc1. The molecule has 0 N–H and O–H groups in total. The van der Waals surface area contributed by atoms with Crippen LogP contribution in [0, 0.1) is 0 Å². The van der Waals surface area contributed by atoms with Gasteiger partial charge in [-0.3, -0.25) is 0 Å². The summed E-state index contributed by atoms with van der Waals surface area (Å²) in [6.07, 6.45) is 3.24. The zero-order valence-corrected chi connectivity index (χ0v) is 28.4. The number of fused-ring (bicyclic) bond motifs is 9. The molecule has 51 heavy (non-hydrogen) atoms. The third kappa shape index (κ3) is 4.63. The van der Waals surface area contributed by atoms with Crippen molar-refractivity contribution in [1.82, 2.24) is 15.0 Å². The fourth-order valence-corrected chi connectivity index (χ4v) is 9.65. The smallest absolute Gasteiger partial charge is 0.165 e. The first kappa shape index (κ1) is 28.9. The molecule has 1 saturated carbocycles. The highest BCUT2D eigenvalue weighted by Crippen LogP contribution is 2.52. The fourth-order valence-electron chi connectivity index (χ4n) is 8.56. The Morgan fingerprint density at radius 3 is 2.22 bits per heavy atom. The van der Waals surface area contributed by atoms with Crippen LogP contribution in [-0.4, -0.2) is 21.1 Å². The lowest BCUT2D eigenvalue weighted by Crippen LogP contribution is -2.26. The monoisotopic (exact) mass is 677 g/mol. The van der Waals surface area contributed by atoms with Crippen LogP contribution in [0.15, 0.2) is 138 Å². The van der Waals surface area contributed by atoms with Gasteiger partial charge in [-0.05, 0) is 73.2 Å². The van der Waals surface area contributed by atoms with Crippen LogP contribution in [0.5, 0.6) is 5.75 Å². The molecule has 2 aliphatic rings. The first-order chi connectivity index (χ1) is 25.2. The van der Waals surface area contributed by atoms with Gasteiger partial charge in [-0.25, -0.2) is 15.0 Å². The van der Waals surface area contributed by atoms with E-state index >= 15 is 0 Å². The molecule has 9 aromatic rings. The van der Waals surface area contributed by atoms with E-state index in [1.807, 2.05) is 41.7 Å². The Hall–Kier alpha value is -5.85. The van der Waals surface area contributed by atoms with Crippen molar-refractivity contribution in [3.05, 3.63) is 145 Å². The molecule has 3 unspecified atom stereocenters. The summed E-state index contributed by atoms with van der Waals surface area (Å²) >= 11 is 1.82. The van der Waals surface area contributed by atoms with Gasteiger partial charge < -0.3 is 9.15 Å². The minimum Gasteiger partial charge on any atom is -0.489 e. The summed E-state index contributed by atoms with van der Waals surface area (Å²) in [7, 11) is 0. The number of furan rings is 1. The second kappa shape index (κ2) is 11.3. The van der Waals surface area contributed by atoms with Crippen LogP contribution in [0.25, 0.3) is 76.3 Å². The number of rotatable bonds is 4. The first-order valence-electron chi connectivity index (χ1n) is 17.7. The number of benzene rings is 6. The molecule has 5 nitrogen and oxygen atoms in total. The van der Waals surface area contributed by atoms with Crippen LogP contribution in [0.1, 0.15) is 42.2 Å². The highest BCUT2D eigenvalue weighted by molar-refractivity contribution is 7.25. The van der Waals surface area contributed by atoms with Crippen LogP contribution in [0.2, 0.25) is 0 Å². The van der Waals surface area contributed by atoms with E-state index < -0.39 is 0 Å². The van der Waals surface area contributed by atoms with Crippen molar-refractivity contribution in [3.8, 4) is 39.9 Å². The zero-order valence-electron chi connectivity index (χ0n) is 27.6. The van der Waals surface area contributed by atoms with Crippen molar-refractivity contribution in [2.45, 2.75) is 37.2 Å². The molecule has 6 heteroatoms. The normalized spacial score (nSPS) is 18.3. The number of thiophene rings is 1. The Labute approximate surface area is 298 Å². The van der Waals surface area contributed by atoms with Crippen molar-refractivity contribution >= 4 is 53.4 Å². The predicted octanol–water partition coefficient (Wildman–Crippen LogP) is 12.0. The van der Waals surface area contributed by atoms with Crippen LogP contribution in [-0.2, 0) is 0 Å². The molecule has 0 amide bonds. The molecule has 0 radical (unpaired) electrons. The maximum Gasteiger partial charge on any atom is 0.165 e. The molecular weight excluding hydrogens is 647 g/mol. The largest absolute Gasteiger partial charge is 0.489 e.